The highest BCUT2D eigenvalue weighted by molar-refractivity contribution is 7.87. The normalized spacial score (nSPS) is 16.0. The Labute approximate surface area is 173 Å². The summed E-state index contributed by atoms with van der Waals surface area (Å²) >= 11 is 0. The fraction of sp³-hybridized carbons (Fsp3) is 0.882. The zero-order chi connectivity index (χ0) is 24.4. The summed E-state index contributed by atoms with van der Waals surface area (Å²) in [5.41, 5.74) is -2.20. The van der Waals surface area contributed by atoms with Crippen molar-refractivity contribution in [2.24, 2.45) is 5.41 Å². The van der Waals surface area contributed by atoms with E-state index in [9.17, 15) is 35.6 Å². The Kier molecular flexibility index (Phi) is 8.51. The predicted octanol–water partition coefficient (Wildman–Crippen LogP) is 3.55. The fourth-order valence-corrected chi connectivity index (χ4v) is 2.15. The monoisotopic (exact) mass is 468 g/mol. The van der Waals surface area contributed by atoms with Crippen molar-refractivity contribution >= 4 is 22.1 Å². The average molecular weight is 468 g/mol. The van der Waals surface area contributed by atoms with Crippen molar-refractivity contribution in [1.29, 1.82) is 0 Å². The number of rotatable bonds is 10. The van der Waals surface area contributed by atoms with Gasteiger partial charge in [-0.05, 0) is 41.0 Å². The Morgan fingerprint density at radius 1 is 0.900 bits per heavy atom. The van der Waals surface area contributed by atoms with Gasteiger partial charge < -0.3 is 14.2 Å². The molecule has 0 saturated heterocycles. The highest BCUT2D eigenvalue weighted by atomic mass is 32.2. The summed E-state index contributed by atoms with van der Waals surface area (Å²) in [7, 11) is -6.42. The second-order valence-corrected chi connectivity index (χ2v) is 9.83. The van der Waals surface area contributed by atoms with Crippen LogP contribution in [0.25, 0.3) is 0 Å². The van der Waals surface area contributed by atoms with Gasteiger partial charge in [0.1, 0.15) is 5.60 Å². The van der Waals surface area contributed by atoms with Gasteiger partial charge in [0.15, 0.2) is 0 Å². The molecule has 0 aromatic carbocycles. The lowest BCUT2D eigenvalue weighted by Gasteiger charge is -2.34. The van der Waals surface area contributed by atoms with Crippen molar-refractivity contribution in [3.05, 3.63) is 0 Å². The van der Waals surface area contributed by atoms with Crippen LogP contribution in [0, 0.1) is 5.41 Å². The van der Waals surface area contributed by atoms with Gasteiger partial charge in [0.25, 0.3) is 0 Å². The van der Waals surface area contributed by atoms with E-state index in [1.165, 1.54) is 34.6 Å². The molecule has 178 valence electrons. The predicted molar refractivity (Wildman–Crippen MR) is 96.4 cm³/mol. The van der Waals surface area contributed by atoms with E-state index in [-0.39, 0.29) is 6.42 Å². The minimum Gasteiger partial charge on any atom is -0.455 e. The molecule has 13 heteroatoms. The van der Waals surface area contributed by atoms with Crippen LogP contribution in [-0.4, -0.2) is 54.1 Å². The van der Waals surface area contributed by atoms with Crippen LogP contribution in [0.2, 0.25) is 0 Å². The van der Waals surface area contributed by atoms with Crippen LogP contribution in [0.3, 0.4) is 0 Å². The molecule has 0 aromatic rings. The first-order chi connectivity index (χ1) is 13.0. The topological polar surface area (TPSA) is 116 Å². The summed E-state index contributed by atoms with van der Waals surface area (Å²) in [5, 5.41) is -5.80. The molecule has 0 aromatic heterocycles. The summed E-state index contributed by atoms with van der Waals surface area (Å²) in [5.74, 6) is -10.1. The van der Waals surface area contributed by atoms with E-state index < -0.39 is 63.1 Å². The number of halogens is 4. The number of carbonyl (C=O) groups is 2. The van der Waals surface area contributed by atoms with Crippen LogP contribution < -0.4 is 0 Å². The number of carbonyl (C=O) groups excluding carboxylic acids is 2. The van der Waals surface area contributed by atoms with Gasteiger partial charge in [0, 0.05) is 13.3 Å². The van der Waals surface area contributed by atoms with Crippen molar-refractivity contribution in [3.63, 3.8) is 0 Å². The molecular formula is C17H28F4O8S. The standard InChI is InChI=1S/C17H28F4O8S/c1-8-14(5,6)11(22)29-15(7,12(23)28-13(2,3)4)27-10-9-16(18,19)17(20,21)30(24,25)26/h8-10H2,1-7H3,(H,24,25,26). The Hall–Kier alpha value is -1.47. The van der Waals surface area contributed by atoms with Crippen molar-refractivity contribution in [1.82, 2.24) is 0 Å². The summed E-state index contributed by atoms with van der Waals surface area (Å²) in [6, 6.07) is 0. The van der Waals surface area contributed by atoms with E-state index in [1.807, 2.05) is 0 Å². The largest absolute Gasteiger partial charge is 0.455 e. The smallest absolute Gasteiger partial charge is 0.431 e. The fourth-order valence-electron chi connectivity index (χ4n) is 1.67. The highest BCUT2D eigenvalue weighted by Gasteiger charge is 2.65. The highest BCUT2D eigenvalue weighted by Crippen LogP contribution is 2.41. The van der Waals surface area contributed by atoms with E-state index in [0.717, 1.165) is 6.92 Å². The van der Waals surface area contributed by atoms with E-state index in [4.69, 9.17) is 18.8 Å². The van der Waals surface area contributed by atoms with Gasteiger partial charge >= 0.3 is 39.0 Å². The Bertz CT molecular complexity index is 743. The summed E-state index contributed by atoms with van der Waals surface area (Å²) in [6.07, 6.45) is -1.65. The maximum Gasteiger partial charge on any atom is 0.431 e. The number of esters is 2. The van der Waals surface area contributed by atoms with Crippen molar-refractivity contribution in [3.8, 4) is 0 Å². The number of ether oxygens (including phenoxy) is 3. The van der Waals surface area contributed by atoms with Crippen molar-refractivity contribution < 1.29 is 54.3 Å². The van der Waals surface area contributed by atoms with Gasteiger partial charge in [0.2, 0.25) is 0 Å². The van der Waals surface area contributed by atoms with Crippen LogP contribution >= 0.6 is 0 Å². The Morgan fingerprint density at radius 3 is 1.73 bits per heavy atom. The molecule has 0 spiro atoms. The lowest BCUT2D eigenvalue weighted by molar-refractivity contribution is -0.254. The first-order valence-electron chi connectivity index (χ1n) is 8.86. The lowest BCUT2D eigenvalue weighted by Crippen LogP contribution is -2.51. The third-order valence-electron chi connectivity index (χ3n) is 4.04. The third-order valence-corrected chi connectivity index (χ3v) is 4.98. The number of hydrogen-bond donors (Lipinski definition) is 1. The zero-order valence-corrected chi connectivity index (χ0v) is 18.7. The molecule has 0 aliphatic rings. The second kappa shape index (κ2) is 8.95. The number of hydrogen-bond acceptors (Lipinski definition) is 7. The van der Waals surface area contributed by atoms with Gasteiger partial charge in [-0.3, -0.25) is 9.35 Å². The quantitative estimate of drug-likeness (QED) is 0.224. The molecule has 0 rings (SSSR count). The van der Waals surface area contributed by atoms with Crippen LogP contribution in [0.4, 0.5) is 17.6 Å². The first kappa shape index (κ1) is 28.5. The van der Waals surface area contributed by atoms with Crippen LogP contribution in [0.15, 0.2) is 0 Å². The van der Waals surface area contributed by atoms with Gasteiger partial charge in [-0.1, -0.05) is 6.92 Å². The average Bonchev–Trinajstić information content (AvgIpc) is 2.51. The van der Waals surface area contributed by atoms with Crippen molar-refractivity contribution in [2.45, 2.75) is 83.9 Å². The summed E-state index contributed by atoms with van der Waals surface area (Å²) in [6.45, 7) is 8.53. The molecule has 0 amide bonds. The Balaban J connectivity index is 5.66. The lowest BCUT2D eigenvalue weighted by atomic mass is 9.90. The molecule has 8 nitrogen and oxygen atoms in total. The van der Waals surface area contributed by atoms with E-state index in [2.05, 4.69) is 0 Å². The molecular weight excluding hydrogens is 440 g/mol. The van der Waals surface area contributed by atoms with E-state index in [0.29, 0.717) is 0 Å². The zero-order valence-electron chi connectivity index (χ0n) is 17.8. The van der Waals surface area contributed by atoms with Gasteiger partial charge in [-0.15, -0.1) is 0 Å². The summed E-state index contributed by atoms with van der Waals surface area (Å²) in [4.78, 5) is 24.8. The molecule has 0 heterocycles. The maximum atomic E-state index is 13.7. The minimum absolute atomic E-state index is 0.273. The Morgan fingerprint density at radius 2 is 1.37 bits per heavy atom. The minimum atomic E-state index is -6.42. The molecule has 0 aliphatic carbocycles. The van der Waals surface area contributed by atoms with Gasteiger partial charge in [-0.25, -0.2) is 4.79 Å². The molecule has 0 bridgehead atoms. The van der Waals surface area contributed by atoms with Crippen LogP contribution in [0.5, 0.6) is 0 Å². The maximum absolute atomic E-state index is 13.7. The van der Waals surface area contributed by atoms with E-state index >= 15 is 0 Å². The molecule has 1 unspecified atom stereocenters. The first-order valence-corrected chi connectivity index (χ1v) is 10.3. The molecule has 1 N–H and O–H groups in total. The molecule has 1 atom stereocenters. The van der Waals surface area contributed by atoms with E-state index in [1.54, 1.807) is 6.92 Å². The SMILES string of the molecule is CCC(C)(C)C(=O)OC(C)(OCCC(F)(F)C(F)(F)S(=O)(=O)O)C(=O)OC(C)(C)C. The van der Waals surface area contributed by atoms with Gasteiger partial charge in [-0.2, -0.15) is 26.0 Å². The summed E-state index contributed by atoms with van der Waals surface area (Å²) < 4.78 is 98.3. The molecule has 0 radical (unpaired) electrons. The molecule has 30 heavy (non-hydrogen) atoms. The molecule has 0 aliphatic heterocycles. The number of alkyl halides is 4. The second-order valence-electron chi connectivity index (χ2n) is 8.37. The molecule has 0 fully saturated rings. The third kappa shape index (κ3) is 7.05. The van der Waals surface area contributed by atoms with Gasteiger partial charge in [0.05, 0.1) is 12.0 Å². The molecule has 0 saturated carbocycles. The van der Waals surface area contributed by atoms with Crippen molar-refractivity contribution in [2.75, 3.05) is 6.61 Å². The van der Waals surface area contributed by atoms with Crippen LogP contribution in [0.1, 0.15) is 61.3 Å². The van der Waals surface area contributed by atoms with Crippen LogP contribution in [-0.2, 0) is 33.9 Å².